The van der Waals surface area contributed by atoms with Gasteiger partial charge < -0.3 is 10.8 Å². The van der Waals surface area contributed by atoms with E-state index in [1.165, 1.54) is 6.21 Å². The number of aromatic nitrogens is 1. The number of pyridine rings is 1. The summed E-state index contributed by atoms with van der Waals surface area (Å²) in [6.07, 6.45) is 3.12. The molecule has 0 atom stereocenters. The Hall–Kier alpha value is -1.22. The lowest BCUT2D eigenvalue weighted by Gasteiger charge is -2.04. The Morgan fingerprint density at radius 3 is 2.92 bits per heavy atom. The van der Waals surface area contributed by atoms with Crippen molar-refractivity contribution in [1.29, 1.82) is 10.8 Å². The number of hydrogen-bond donors (Lipinski definition) is 2. The standard InChI is InChI=1S/C9H10ClN3/c1-6-4-9(10)13-5-7(6)8(12)2-3-11/h3-5,11-12H,2H2,1H3. The Morgan fingerprint density at radius 2 is 2.38 bits per heavy atom. The van der Waals surface area contributed by atoms with Crippen molar-refractivity contribution in [2.45, 2.75) is 13.3 Å². The maximum Gasteiger partial charge on any atom is 0.129 e. The number of nitrogens with zero attached hydrogens (tertiary/aromatic N) is 1. The van der Waals surface area contributed by atoms with Crippen LogP contribution in [0.3, 0.4) is 0 Å². The maximum absolute atomic E-state index is 7.61. The van der Waals surface area contributed by atoms with Crippen LogP contribution in [0.4, 0.5) is 0 Å². The summed E-state index contributed by atoms with van der Waals surface area (Å²) < 4.78 is 0. The Kier molecular flexibility index (Phi) is 3.14. The summed E-state index contributed by atoms with van der Waals surface area (Å²) in [6.45, 7) is 1.88. The van der Waals surface area contributed by atoms with Gasteiger partial charge >= 0.3 is 0 Å². The van der Waals surface area contributed by atoms with Gasteiger partial charge in [0, 0.05) is 30.1 Å². The summed E-state index contributed by atoms with van der Waals surface area (Å²) in [5, 5.41) is 14.9. The third-order valence-corrected chi connectivity index (χ3v) is 1.92. The average Bonchev–Trinajstić information content (AvgIpc) is 2.04. The van der Waals surface area contributed by atoms with Crippen LogP contribution in [0, 0.1) is 17.7 Å². The fourth-order valence-electron chi connectivity index (χ4n) is 1.05. The Balaban J connectivity index is 3.01. The summed E-state index contributed by atoms with van der Waals surface area (Å²) in [6, 6.07) is 1.72. The van der Waals surface area contributed by atoms with Crippen molar-refractivity contribution in [2.75, 3.05) is 0 Å². The van der Waals surface area contributed by atoms with Crippen LogP contribution in [0.2, 0.25) is 5.15 Å². The van der Waals surface area contributed by atoms with Gasteiger partial charge in [-0.15, -0.1) is 0 Å². The molecule has 1 heterocycles. The van der Waals surface area contributed by atoms with E-state index in [0.717, 1.165) is 11.1 Å². The van der Waals surface area contributed by atoms with E-state index in [0.29, 0.717) is 17.3 Å². The maximum atomic E-state index is 7.61. The van der Waals surface area contributed by atoms with E-state index in [1.54, 1.807) is 12.3 Å². The molecule has 0 amide bonds. The molecule has 0 spiro atoms. The molecule has 2 N–H and O–H groups in total. The van der Waals surface area contributed by atoms with Crippen LogP contribution < -0.4 is 0 Å². The highest BCUT2D eigenvalue weighted by molar-refractivity contribution is 6.29. The largest absolute Gasteiger partial charge is 0.313 e. The monoisotopic (exact) mass is 195 g/mol. The lowest BCUT2D eigenvalue weighted by Crippen LogP contribution is -2.02. The van der Waals surface area contributed by atoms with Crippen molar-refractivity contribution < 1.29 is 0 Å². The zero-order valence-corrected chi connectivity index (χ0v) is 8.02. The molecule has 0 saturated heterocycles. The number of hydrogen-bond acceptors (Lipinski definition) is 3. The van der Waals surface area contributed by atoms with Crippen molar-refractivity contribution in [1.82, 2.24) is 4.98 Å². The minimum absolute atomic E-state index is 0.337. The first-order valence-electron chi connectivity index (χ1n) is 3.84. The number of aryl methyl sites for hydroxylation is 1. The molecule has 0 aliphatic carbocycles. The SMILES string of the molecule is Cc1cc(Cl)ncc1C(=N)CC=N. The van der Waals surface area contributed by atoms with E-state index < -0.39 is 0 Å². The molecule has 0 bridgehead atoms. The molecule has 0 fully saturated rings. The van der Waals surface area contributed by atoms with E-state index in [-0.39, 0.29) is 0 Å². The van der Waals surface area contributed by atoms with Crippen LogP contribution in [-0.2, 0) is 0 Å². The fourth-order valence-corrected chi connectivity index (χ4v) is 1.26. The highest BCUT2D eigenvalue weighted by atomic mass is 35.5. The minimum atomic E-state index is 0.337. The van der Waals surface area contributed by atoms with Crippen LogP contribution in [0.15, 0.2) is 12.3 Å². The highest BCUT2D eigenvalue weighted by Crippen LogP contribution is 2.13. The summed E-state index contributed by atoms with van der Waals surface area (Å²) >= 11 is 5.67. The molecule has 4 heteroatoms. The van der Waals surface area contributed by atoms with E-state index in [9.17, 15) is 0 Å². The molecule has 1 aromatic rings. The Bertz CT molecular complexity index is 347. The van der Waals surface area contributed by atoms with Crippen LogP contribution in [0.5, 0.6) is 0 Å². The normalized spacial score (nSPS) is 9.69. The number of rotatable bonds is 3. The van der Waals surface area contributed by atoms with Crippen molar-refractivity contribution in [3.63, 3.8) is 0 Å². The third-order valence-electron chi connectivity index (χ3n) is 1.71. The van der Waals surface area contributed by atoms with E-state index >= 15 is 0 Å². The second kappa shape index (κ2) is 4.14. The Labute approximate surface area is 81.8 Å². The predicted molar refractivity (Wildman–Crippen MR) is 54.2 cm³/mol. The molecular weight excluding hydrogens is 186 g/mol. The quantitative estimate of drug-likeness (QED) is 0.565. The molecule has 68 valence electrons. The first-order chi connectivity index (χ1) is 6.15. The van der Waals surface area contributed by atoms with Gasteiger partial charge in [0.25, 0.3) is 0 Å². The van der Waals surface area contributed by atoms with E-state index in [1.807, 2.05) is 6.92 Å². The first kappa shape index (κ1) is 9.86. The lowest BCUT2D eigenvalue weighted by molar-refractivity contribution is 1.25. The second-order valence-electron chi connectivity index (χ2n) is 2.71. The molecule has 0 saturated carbocycles. The Morgan fingerprint density at radius 1 is 1.69 bits per heavy atom. The summed E-state index contributed by atoms with van der Waals surface area (Å²) in [7, 11) is 0. The highest BCUT2D eigenvalue weighted by Gasteiger charge is 2.04. The average molecular weight is 196 g/mol. The summed E-state index contributed by atoms with van der Waals surface area (Å²) in [5.74, 6) is 0. The topological polar surface area (TPSA) is 60.6 Å². The number of nitrogens with one attached hydrogen (secondary N) is 2. The van der Waals surface area contributed by atoms with Crippen molar-refractivity contribution in [3.8, 4) is 0 Å². The zero-order valence-electron chi connectivity index (χ0n) is 7.26. The van der Waals surface area contributed by atoms with Crippen LogP contribution in [-0.4, -0.2) is 16.9 Å². The molecule has 0 aromatic carbocycles. The van der Waals surface area contributed by atoms with E-state index in [2.05, 4.69) is 4.98 Å². The lowest BCUT2D eigenvalue weighted by atomic mass is 10.1. The number of halogens is 1. The van der Waals surface area contributed by atoms with E-state index in [4.69, 9.17) is 22.4 Å². The minimum Gasteiger partial charge on any atom is -0.313 e. The van der Waals surface area contributed by atoms with Crippen molar-refractivity contribution in [3.05, 3.63) is 28.5 Å². The predicted octanol–water partition coefficient (Wildman–Crippen LogP) is 2.45. The van der Waals surface area contributed by atoms with Crippen LogP contribution in [0.1, 0.15) is 17.5 Å². The van der Waals surface area contributed by atoms with Gasteiger partial charge in [-0.05, 0) is 18.6 Å². The molecule has 0 radical (unpaired) electrons. The van der Waals surface area contributed by atoms with Crippen molar-refractivity contribution >= 4 is 23.5 Å². The smallest absolute Gasteiger partial charge is 0.129 e. The van der Waals surface area contributed by atoms with Crippen LogP contribution >= 0.6 is 11.6 Å². The molecule has 3 nitrogen and oxygen atoms in total. The van der Waals surface area contributed by atoms with Gasteiger partial charge in [-0.2, -0.15) is 0 Å². The van der Waals surface area contributed by atoms with Gasteiger partial charge in [0.1, 0.15) is 5.15 Å². The van der Waals surface area contributed by atoms with Gasteiger partial charge in [0.2, 0.25) is 0 Å². The first-order valence-corrected chi connectivity index (χ1v) is 4.22. The molecule has 13 heavy (non-hydrogen) atoms. The molecule has 0 unspecified atom stereocenters. The van der Waals surface area contributed by atoms with Gasteiger partial charge in [0.15, 0.2) is 0 Å². The summed E-state index contributed by atoms with van der Waals surface area (Å²) in [5.41, 5.74) is 2.08. The molecule has 0 aliphatic rings. The summed E-state index contributed by atoms with van der Waals surface area (Å²) in [4.78, 5) is 3.89. The van der Waals surface area contributed by atoms with Gasteiger partial charge in [-0.3, -0.25) is 0 Å². The zero-order chi connectivity index (χ0) is 9.84. The molecule has 0 aliphatic heterocycles. The molecule has 1 rings (SSSR count). The van der Waals surface area contributed by atoms with Crippen molar-refractivity contribution in [2.24, 2.45) is 0 Å². The second-order valence-corrected chi connectivity index (χ2v) is 3.10. The fraction of sp³-hybridized carbons (Fsp3) is 0.222. The molecular formula is C9H10ClN3. The van der Waals surface area contributed by atoms with Gasteiger partial charge in [-0.1, -0.05) is 11.6 Å². The van der Waals surface area contributed by atoms with Gasteiger partial charge in [0.05, 0.1) is 0 Å². The van der Waals surface area contributed by atoms with Crippen LogP contribution in [0.25, 0.3) is 0 Å². The van der Waals surface area contributed by atoms with Gasteiger partial charge in [-0.25, -0.2) is 4.98 Å². The molecule has 1 aromatic heterocycles. The third kappa shape index (κ3) is 2.36.